The summed E-state index contributed by atoms with van der Waals surface area (Å²) < 4.78 is 0. The fourth-order valence-corrected chi connectivity index (χ4v) is 1.95. The van der Waals surface area contributed by atoms with Crippen molar-refractivity contribution in [3.8, 4) is 0 Å². The number of hydrogen-bond acceptors (Lipinski definition) is 2. The lowest BCUT2D eigenvalue weighted by molar-refractivity contribution is 0.0873. The van der Waals surface area contributed by atoms with E-state index in [0.717, 1.165) is 19.3 Å². The minimum atomic E-state index is -0.377. The molecule has 1 aliphatic rings. The molecule has 2 atom stereocenters. The average Bonchev–Trinajstić information content (AvgIpc) is 2.66. The Bertz CT molecular complexity index is 337. The Labute approximate surface area is 89.1 Å². The highest BCUT2D eigenvalue weighted by Crippen LogP contribution is 2.19. The lowest BCUT2D eigenvalue weighted by atomic mass is 10.1. The predicted molar refractivity (Wildman–Crippen MR) is 57.6 cm³/mol. The number of nitrogens with one attached hydrogen (secondary N) is 1. The summed E-state index contributed by atoms with van der Waals surface area (Å²) in [6, 6.07) is 9.02. The zero-order valence-electron chi connectivity index (χ0n) is 8.52. The van der Waals surface area contributed by atoms with Crippen molar-refractivity contribution in [1.29, 1.82) is 0 Å². The number of hydrogen-bond donors (Lipinski definition) is 2. The van der Waals surface area contributed by atoms with Crippen molar-refractivity contribution in [2.75, 3.05) is 0 Å². The van der Waals surface area contributed by atoms with Crippen LogP contribution >= 0.6 is 0 Å². The topological polar surface area (TPSA) is 49.3 Å². The molecule has 1 fully saturated rings. The normalized spacial score (nSPS) is 25.1. The third-order valence-corrected chi connectivity index (χ3v) is 2.83. The molecule has 0 aromatic heterocycles. The average molecular weight is 205 g/mol. The Balaban J connectivity index is 1.98. The van der Waals surface area contributed by atoms with Gasteiger partial charge in [0.25, 0.3) is 5.91 Å². The van der Waals surface area contributed by atoms with Crippen LogP contribution in [-0.2, 0) is 0 Å². The molecule has 80 valence electrons. The van der Waals surface area contributed by atoms with E-state index in [-0.39, 0.29) is 18.1 Å². The second-order valence-electron chi connectivity index (χ2n) is 3.94. The van der Waals surface area contributed by atoms with E-state index in [9.17, 15) is 9.90 Å². The third-order valence-electron chi connectivity index (χ3n) is 2.83. The highest BCUT2D eigenvalue weighted by molar-refractivity contribution is 5.94. The van der Waals surface area contributed by atoms with Gasteiger partial charge in [-0.2, -0.15) is 0 Å². The van der Waals surface area contributed by atoms with Gasteiger partial charge in [-0.15, -0.1) is 0 Å². The number of rotatable bonds is 2. The molecule has 0 spiro atoms. The molecule has 1 amide bonds. The minimum absolute atomic E-state index is 0.0716. The molecule has 0 aliphatic heterocycles. The Morgan fingerprint density at radius 2 is 2.00 bits per heavy atom. The van der Waals surface area contributed by atoms with Crippen LogP contribution in [0.15, 0.2) is 30.3 Å². The zero-order valence-corrected chi connectivity index (χ0v) is 8.52. The summed E-state index contributed by atoms with van der Waals surface area (Å²) in [7, 11) is 0. The molecule has 1 saturated carbocycles. The van der Waals surface area contributed by atoms with Crippen LogP contribution in [0, 0.1) is 0 Å². The largest absolute Gasteiger partial charge is 0.391 e. The van der Waals surface area contributed by atoms with Crippen LogP contribution in [0.5, 0.6) is 0 Å². The first kappa shape index (κ1) is 10.2. The van der Waals surface area contributed by atoms with Crippen molar-refractivity contribution in [3.05, 3.63) is 35.9 Å². The van der Waals surface area contributed by atoms with Gasteiger partial charge in [0.05, 0.1) is 12.1 Å². The molecular weight excluding hydrogens is 190 g/mol. The first-order valence-corrected chi connectivity index (χ1v) is 5.31. The van der Waals surface area contributed by atoms with E-state index in [1.165, 1.54) is 0 Å². The Morgan fingerprint density at radius 1 is 1.27 bits per heavy atom. The second kappa shape index (κ2) is 4.45. The van der Waals surface area contributed by atoms with Crippen LogP contribution in [0.1, 0.15) is 29.6 Å². The van der Waals surface area contributed by atoms with Crippen molar-refractivity contribution in [2.45, 2.75) is 31.4 Å². The van der Waals surface area contributed by atoms with E-state index < -0.39 is 0 Å². The molecule has 0 bridgehead atoms. The number of aliphatic hydroxyl groups excluding tert-OH is 1. The summed E-state index contributed by atoms with van der Waals surface area (Å²) in [5.74, 6) is -0.0958. The van der Waals surface area contributed by atoms with Crippen molar-refractivity contribution in [1.82, 2.24) is 5.32 Å². The van der Waals surface area contributed by atoms with E-state index in [0.29, 0.717) is 5.56 Å². The molecule has 2 rings (SSSR count). The fourth-order valence-electron chi connectivity index (χ4n) is 1.95. The van der Waals surface area contributed by atoms with Gasteiger partial charge in [0.1, 0.15) is 0 Å². The molecule has 0 radical (unpaired) electrons. The molecule has 1 aromatic rings. The van der Waals surface area contributed by atoms with E-state index in [2.05, 4.69) is 5.32 Å². The molecule has 2 N–H and O–H groups in total. The quantitative estimate of drug-likeness (QED) is 0.765. The monoisotopic (exact) mass is 205 g/mol. The summed E-state index contributed by atoms with van der Waals surface area (Å²) in [4.78, 5) is 11.7. The number of amides is 1. The van der Waals surface area contributed by atoms with E-state index in [1.54, 1.807) is 12.1 Å². The first-order chi connectivity index (χ1) is 7.27. The Hall–Kier alpha value is -1.35. The van der Waals surface area contributed by atoms with E-state index in [1.807, 2.05) is 18.2 Å². The lowest BCUT2D eigenvalue weighted by Gasteiger charge is -2.16. The van der Waals surface area contributed by atoms with Gasteiger partial charge in [-0.1, -0.05) is 18.2 Å². The van der Waals surface area contributed by atoms with Crippen LogP contribution in [-0.4, -0.2) is 23.2 Å². The summed E-state index contributed by atoms with van der Waals surface area (Å²) in [5, 5.41) is 12.4. The van der Waals surface area contributed by atoms with Gasteiger partial charge >= 0.3 is 0 Å². The Kier molecular flexibility index (Phi) is 3.02. The van der Waals surface area contributed by atoms with Crippen molar-refractivity contribution in [2.24, 2.45) is 0 Å². The number of carbonyl (C=O) groups excluding carboxylic acids is 1. The van der Waals surface area contributed by atoms with E-state index >= 15 is 0 Å². The van der Waals surface area contributed by atoms with Gasteiger partial charge < -0.3 is 10.4 Å². The molecule has 3 nitrogen and oxygen atoms in total. The summed E-state index contributed by atoms with van der Waals surface area (Å²) in [6.07, 6.45) is 2.28. The van der Waals surface area contributed by atoms with Crippen molar-refractivity contribution >= 4 is 5.91 Å². The molecule has 15 heavy (non-hydrogen) atoms. The highest BCUT2D eigenvalue weighted by atomic mass is 16.3. The van der Waals surface area contributed by atoms with Gasteiger partial charge in [-0.25, -0.2) is 0 Å². The van der Waals surface area contributed by atoms with Crippen LogP contribution in [0.25, 0.3) is 0 Å². The highest BCUT2D eigenvalue weighted by Gasteiger charge is 2.26. The Morgan fingerprint density at radius 3 is 2.60 bits per heavy atom. The summed E-state index contributed by atoms with van der Waals surface area (Å²) >= 11 is 0. The van der Waals surface area contributed by atoms with Crippen LogP contribution in [0.4, 0.5) is 0 Å². The molecule has 0 heterocycles. The van der Waals surface area contributed by atoms with E-state index in [4.69, 9.17) is 0 Å². The molecule has 0 unspecified atom stereocenters. The second-order valence-corrected chi connectivity index (χ2v) is 3.94. The summed E-state index contributed by atoms with van der Waals surface area (Å²) in [5.41, 5.74) is 0.650. The molecule has 1 aromatic carbocycles. The lowest BCUT2D eigenvalue weighted by Crippen LogP contribution is -2.39. The SMILES string of the molecule is O=C(N[C@@H]1CCC[C@@H]1O)c1ccccc1. The van der Waals surface area contributed by atoms with Gasteiger partial charge in [0.15, 0.2) is 0 Å². The third kappa shape index (κ3) is 2.36. The number of benzene rings is 1. The smallest absolute Gasteiger partial charge is 0.251 e. The minimum Gasteiger partial charge on any atom is -0.391 e. The van der Waals surface area contributed by atoms with Crippen molar-refractivity contribution in [3.63, 3.8) is 0 Å². The molecule has 1 aliphatic carbocycles. The van der Waals surface area contributed by atoms with Crippen LogP contribution in [0.3, 0.4) is 0 Å². The maximum absolute atomic E-state index is 11.7. The first-order valence-electron chi connectivity index (χ1n) is 5.31. The number of aliphatic hydroxyl groups is 1. The zero-order chi connectivity index (χ0) is 10.7. The standard InChI is InChI=1S/C12H15NO2/c14-11-8-4-7-10(11)13-12(15)9-5-2-1-3-6-9/h1-3,5-6,10-11,14H,4,7-8H2,(H,13,15)/t10-,11+/m1/s1. The van der Waals surface area contributed by atoms with Crippen molar-refractivity contribution < 1.29 is 9.90 Å². The number of carbonyl (C=O) groups is 1. The fraction of sp³-hybridized carbons (Fsp3) is 0.417. The van der Waals surface area contributed by atoms with Gasteiger partial charge in [-0.3, -0.25) is 4.79 Å². The molecule has 0 saturated heterocycles. The predicted octanol–water partition coefficient (Wildman–Crippen LogP) is 1.33. The van der Waals surface area contributed by atoms with Crippen LogP contribution < -0.4 is 5.32 Å². The van der Waals surface area contributed by atoms with Gasteiger partial charge in [0, 0.05) is 5.56 Å². The molecular formula is C12H15NO2. The summed E-state index contributed by atoms with van der Waals surface area (Å²) in [6.45, 7) is 0. The van der Waals surface area contributed by atoms with Gasteiger partial charge in [0.2, 0.25) is 0 Å². The van der Waals surface area contributed by atoms with Crippen LogP contribution in [0.2, 0.25) is 0 Å². The maximum atomic E-state index is 11.7. The van der Waals surface area contributed by atoms with Gasteiger partial charge in [-0.05, 0) is 31.4 Å². The maximum Gasteiger partial charge on any atom is 0.251 e. The molecule has 3 heteroatoms.